The SMILES string of the molecule is CN(c1ccccc1)c1cc[n+](Cc2ccc(OCCOc3ccc(C[n+]4ccc(N(C)c5ccccc5)c5ccccc54)cc3)cc2)c2ccccc12. The average molecular weight is 709 g/mol. The quantitative estimate of drug-likeness (QED) is 0.0883. The summed E-state index contributed by atoms with van der Waals surface area (Å²) in [6.45, 7) is 2.45. The molecule has 0 aliphatic carbocycles. The van der Waals surface area contributed by atoms with Gasteiger partial charge >= 0.3 is 0 Å². The molecule has 0 radical (unpaired) electrons. The second kappa shape index (κ2) is 15.9. The summed E-state index contributed by atoms with van der Waals surface area (Å²) in [6, 6.07) is 59.2. The summed E-state index contributed by atoms with van der Waals surface area (Å²) in [5, 5.41) is 2.43. The van der Waals surface area contributed by atoms with Crippen molar-refractivity contribution in [3.05, 3.63) is 193 Å². The van der Waals surface area contributed by atoms with Gasteiger partial charge in [0.2, 0.25) is 11.0 Å². The molecular weight excluding hydrogens is 665 g/mol. The van der Waals surface area contributed by atoms with Crippen molar-refractivity contribution < 1.29 is 18.6 Å². The van der Waals surface area contributed by atoms with Crippen LogP contribution in [-0.4, -0.2) is 27.3 Å². The van der Waals surface area contributed by atoms with Crippen LogP contribution in [0.2, 0.25) is 0 Å². The first-order valence-electron chi connectivity index (χ1n) is 18.4. The first-order chi connectivity index (χ1) is 26.6. The predicted molar refractivity (Wildman–Crippen MR) is 219 cm³/mol. The average Bonchev–Trinajstić information content (AvgIpc) is 3.24. The number of hydrogen-bond donors (Lipinski definition) is 0. The lowest BCUT2D eigenvalue weighted by Gasteiger charge is -2.20. The van der Waals surface area contributed by atoms with Crippen molar-refractivity contribution in [2.45, 2.75) is 13.1 Å². The molecule has 0 saturated carbocycles. The number of aromatic nitrogens is 2. The van der Waals surface area contributed by atoms with Crippen LogP contribution in [0.25, 0.3) is 21.8 Å². The largest absolute Gasteiger partial charge is 0.490 e. The van der Waals surface area contributed by atoms with Crippen LogP contribution < -0.4 is 28.4 Å². The van der Waals surface area contributed by atoms with Crippen molar-refractivity contribution in [2.75, 3.05) is 37.1 Å². The van der Waals surface area contributed by atoms with E-state index in [9.17, 15) is 0 Å². The second-order valence-corrected chi connectivity index (χ2v) is 13.5. The van der Waals surface area contributed by atoms with Crippen LogP contribution in [0.15, 0.2) is 182 Å². The standard InChI is InChI=1S/C48H44N4O2/c1-49(39-13-5-3-6-14-39)45-29-31-51(47-19-11-9-17-43(45)47)35-37-21-25-41(26-22-37)53-33-34-54-42-27-23-38(24-28-42)36-52-32-30-46(44-18-10-12-20-48(44)52)50(2)40-15-7-4-8-16-40/h3-32H,33-36H2,1-2H3/q+2. The number of anilines is 4. The minimum absolute atomic E-state index is 0.461. The maximum absolute atomic E-state index is 6.04. The van der Waals surface area contributed by atoms with E-state index in [-0.39, 0.29) is 0 Å². The van der Waals surface area contributed by atoms with E-state index in [1.54, 1.807) is 0 Å². The molecule has 266 valence electrons. The third kappa shape index (κ3) is 7.59. The minimum atomic E-state index is 0.461. The van der Waals surface area contributed by atoms with Crippen molar-refractivity contribution in [1.82, 2.24) is 0 Å². The third-order valence-electron chi connectivity index (χ3n) is 9.99. The molecule has 8 aromatic rings. The lowest BCUT2D eigenvalue weighted by atomic mass is 10.1. The van der Waals surface area contributed by atoms with Gasteiger partial charge in [-0.25, -0.2) is 0 Å². The molecule has 0 atom stereocenters. The minimum Gasteiger partial charge on any atom is -0.490 e. The van der Waals surface area contributed by atoms with Gasteiger partial charge < -0.3 is 19.3 Å². The highest BCUT2D eigenvalue weighted by atomic mass is 16.5. The highest BCUT2D eigenvalue weighted by Gasteiger charge is 2.18. The first kappa shape index (κ1) is 34.4. The van der Waals surface area contributed by atoms with Crippen molar-refractivity contribution >= 4 is 44.6 Å². The van der Waals surface area contributed by atoms with E-state index in [1.165, 1.54) is 44.3 Å². The molecule has 0 spiro atoms. The van der Waals surface area contributed by atoms with Crippen LogP contribution in [0.5, 0.6) is 11.5 Å². The highest BCUT2D eigenvalue weighted by molar-refractivity contribution is 5.92. The maximum atomic E-state index is 6.04. The molecule has 0 saturated heterocycles. The van der Waals surface area contributed by atoms with Crippen molar-refractivity contribution in [3.8, 4) is 11.5 Å². The van der Waals surface area contributed by atoms with Crippen LogP contribution in [0.3, 0.4) is 0 Å². The number of fused-ring (bicyclic) bond motifs is 2. The van der Waals surface area contributed by atoms with E-state index in [0.717, 1.165) is 36.0 Å². The van der Waals surface area contributed by atoms with Gasteiger partial charge in [0.15, 0.2) is 25.5 Å². The Kier molecular flexibility index (Phi) is 10.2. The zero-order chi connectivity index (χ0) is 36.7. The number of para-hydroxylation sites is 4. The number of benzene rings is 6. The Balaban J connectivity index is 0.849. The summed E-state index contributed by atoms with van der Waals surface area (Å²) in [6.07, 6.45) is 4.35. The number of hydrogen-bond acceptors (Lipinski definition) is 4. The molecule has 2 heterocycles. The highest BCUT2D eigenvalue weighted by Crippen LogP contribution is 2.31. The molecule has 0 aliphatic rings. The van der Waals surface area contributed by atoms with Gasteiger partial charge in [-0.2, -0.15) is 9.13 Å². The number of nitrogens with zero attached hydrogens (tertiary/aromatic N) is 4. The predicted octanol–water partition coefficient (Wildman–Crippen LogP) is 9.66. The fourth-order valence-corrected chi connectivity index (χ4v) is 7.08. The molecule has 0 bridgehead atoms. The number of rotatable bonds is 13. The van der Waals surface area contributed by atoms with Gasteiger partial charge in [-0.15, -0.1) is 0 Å². The molecule has 0 N–H and O–H groups in total. The summed E-state index contributed by atoms with van der Waals surface area (Å²) in [5.41, 5.74) is 9.47. The molecule has 2 aromatic heterocycles. The van der Waals surface area contributed by atoms with Crippen molar-refractivity contribution in [1.29, 1.82) is 0 Å². The molecule has 8 rings (SSSR count). The van der Waals surface area contributed by atoms with E-state index in [4.69, 9.17) is 9.47 Å². The van der Waals surface area contributed by atoms with Crippen molar-refractivity contribution in [2.24, 2.45) is 0 Å². The zero-order valence-electron chi connectivity index (χ0n) is 30.8. The van der Waals surface area contributed by atoms with E-state index in [1.807, 2.05) is 36.4 Å². The third-order valence-corrected chi connectivity index (χ3v) is 9.99. The van der Waals surface area contributed by atoms with Crippen LogP contribution in [-0.2, 0) is 13.1 Å². The molecule has 6 aromatic carbocycles. The Hall–Kier alpha value is -6.66. The normalized spacial score (nSPS) is 11.1. The van der Waals surface area contributed by atoms with Crippen LogP contribution >= 0.6 is 0 Å². The van der Waals surface area contributed by atoms with E-state index >= 15 is 0 Å². The Bertz CT molecular complexity index is 2290. The molecule has 0 aliphatic heterocycles. The molecule has 0 fully saturated rings. The van der Waals surface area contributed by atoms with Crippen molar-refractivity contribution in [3.63, 3.8) is 0 Å². The molecule has 6 heteroatoms. The Labute approximate surface area is 317 Å². The molecular formula is C48H44N4O2+2. The molecule has 6 nitrogen and oxygen atoms in total. The summed E-state index contributed by atoms with van der Waals surface area (Å²) in [5.74, 6) is 1.66. The topological polar surface area (TPSA) is 32.7 Å². The first-order valence-corrected chi connectivity index (χ1v) is 18.4. The summed E-state index contributed by atoms with van der Waals surface area (Å²) >= 11 is 0. The van der Waals surface area contributed by atoms with Gasteiger partial charge in [-0.1, -0.05) is 60.7 Å². The van der Waals surface area contributed by atoms with Gasteiger partial charge in [0.1, 0.15) is 24.7 Å². The zero-order valence-corrected chi connectivity index (χ0v) is 30.8. The fraction of sp³-hybridized carbons (Fsp3) is 0.125. The Morgan fingerprint density at radius 2 is 0.778 bits per heavy atom. The van der Waals surface area contributed by atoms with E-state index in [0.29, 0.717) is 13.2 Å². The van der Waals surface area contributed by atoms with Gasteiger partial charge in [0.25, 0.3) is 0 Å². The van der Waals surface area contributed by atoms with Gasteiger partial charge in [-0.3, -0.25) is 0 Å². The second-order valence-electron chi connectivity index (χ2n) is 13.5. The summed E-state index contributed by atoms with van der Waals surface area (Å²) < 4.78 is 16.7. The van der Waals surface area contributed by atoms with Gasteiger partial charge in [-0.05, 0) is 84.9 Å². The molecule has 0 unspecified atom stereocenters. The van der Waals surface area contributed by atoms with E-state index < -0.39 is 0 Å². The monoisotopic (exact) mass is 708 g/mol. The summed E-state index contributed by atoms with van der Waals surface area (Å²) in [4.78, 5) is 4.48. The number of pyridine rings is 2. The smallest absolute Gasteiger partial charge is 0.214 e. The van der Waals surface area contributed by atoms with E-state index in [2.05, 4.69) is 179 Å². The molecule has 0 amide bonds. The van der Waals surface area contributed by atoms with Gasteiger partial charge in [0.05, 0.1) is 22.1 Å². The van der Waals surface area contributed by atoms with Crippen LogP contribution in [0, 0.1) is 0 Å². The lowest BCUT2D eigenvalue weighted by molar-refractivity contribution is -0.662. The molecule has 54 heavy (non-hydrogen) atoms. The van der Waals surface area contributed by atoms with Gasteiger partial charge in [0, 0.05) is 60.9 Å². The Morgan fingerprint density at radius 3 is 1.19 bits per heavy atom. The lowest BCUT2D eigenvalue weighted by Crippen LogP contribution is -2.35. The fourth-order valence-electron chi connectivity index (χ4n) is 7.08. The van der Waals surface area contributed by atoms with Crippen LogP contribution in [0.4, 0.5) is 22.7 Å². The Morgan fingerprint density at radius 1 is 0.407 bits per heavy atom. The summed E-state index contributed by atoms with van der Waals surface area (Å²) in [7, 11) is 4.24. The number of ether oxygens (including phenoxy) is 2. The van der Waals surface area contributed by atoms with Crippen LogP contribution in [0.1, 0.15) is 11.1 Å². The maximum Gasteiger partial charge on any atom is 0.214 e.